The molecule has 3 unspecified atom stereocenters. The summed E-state index contributed by atoms with van der Waals surface area (Å²) in [5.41, 5.74) is 5.56. The van der Waals surface area contributed by atoms with Gasteiger partial charge in [-0.25, -0.2) is 0 Å². The van der Waals surface area contributed by atoms with E-state index in [1.165, 1.54) is 25.8 Å². The molecule has 0 saturated carbocycles. The lowest BCUT2D eigenvalue weighted by atomic mass is 9.92. The minimum atomic E-state index is -0.434. The molecule has 0 bridgehead atoms. The third-order valence-corrected chi connectivity index (χ3v) is 3.54. The fourth-order valence-corrected chi connectivity index (χ4v) is 2.63. The number of rotatable bonds is 4. The van der Waals surface area contributed by atoms with E-state index in [0.717, 1.165) is 6.42 Å². The predicted molar refractivity (Wildman–Crippen MR) is 63.8 cm³/mol. The van der Waals surface area contributed by atoms with Gasteiger partial charge in [-0.05, 0) is 46.6 Å². The van der Waals surface area contributed by atoms with Gasteiger partial charge in [0, 0.05) is 17.6 Å². The minimum Gasteiger partial charge on any atom is -0.394 e. The molecule has 0 aromatic heterocycles. The number of hydrogen-bond donors (Lipinski definition) is 2. The van der Waals surface area contributed by atoms with Crippen LogP contribution in [0.4, 0.5) is 0 Å². The van der Waals surface area contributed by atoms with Gasteiger partial charge in [0.1, 0.15) is 0 Å². The van der Waals surface area contributed by atoms with Crippen molar-refractivity contribution >= 4 is 0 Å². The number of aliphatic hydroxyl groups is 1. The van der Waals surface area contributed by atoms with Crippen LogP contribution in [0.1, 0.15) is 46.5 Å². The molecule has 1 aliphatic heterocycles. The Hall–Kier alpha value is -0.120. The zero-order valence-corrected chi connectivity index (χ0v) is 10.4. The highest BCUT2D eigenvalue weighted by Crippen LogP contribution is 2.22. The molecule has 0 aromatic rings. The molecule has 15 heavy (non-hydrogen) atoms. The number of aliphatic hydroxyl groups excluding tert-OH is 1. The van der Waals surface area contributed by atoms with Crippen molar-refractivity contribution in [2.45, 2.75) is 64.1 Å². The summed E-state index contributed by atoms with van der Waals surface area (Å²) in [5, 5.41) is 9.16. The number of hydrogen-bond acceptors (Lipinski definition) is 3. The van der Waals surface area contributed by atoms with E-state index in [1.807, 2.05) is 6.92 Å². The first-order valence-electron chi connectivity index (χ1n) is 6.12. The maximum absolute atomic E-state index is 9.16. The van der Waals surface area contributed by atoms with Gasteiger partial charge in [-0.15, -0.1) is 0 Å². The number of nitrogens with two attached hydrogens (primary N) is 1. The summed E-state index contributed by atoms with van der Waals surface area (Å²) in [6, 6.07) is 1.14. The third kappa shape index (κ3) is 3.74. The summed E-state index contributed by atoms with van der Waals surface area (Å²) < 4.78 is 0. The van der Waals surface area contributed by atoms with E-state index in [2.05, 4.69) is 18.7 Å². The molecule has 0 aliphatic carbocycles. The highest BCUT2D eigenvalue weighted by molar-refractivity contribution is 4.86. The molecule has 3 atom stereocenters. The van der Waals surface area contributed by atoms with Crippen LogP contribution in [0.15, 0.2) is 0 Å². The van der Waals surface area contributed by atoms with Crippen molar-refractivity contribution < 1.29 is 5.11 Å². The van der Waals surface area contributed by atoms with E-state index >= 15 is 0 Å². The molecule has 3 N–H and O–H groups in total. The zero-order chi connectivity index (χ0) is 11.5. The van der Waals surface area contributed by atoms with E-state index in [1.54, 1.807) is 0 Å². The molecule has 0 amide bonds. The second kappa shape index (κ2) is 5.28. The topological polar surface area (TPSA) is 49.5 Å². The lowest BCUT2D eigenvalue weighted by Crippen LogP contribution is -2.50. The second-order valence-corrected chi connectivity index (χ2v) is 5.45. The maximum atomic E-state index is 9.16. The highest BCUT2D eigenvalue weighted by Gasteiger charge is 2.28. The Morgan fingerprint density at radius 1 is 1.53 bits per heavy atom. The SMILES string of the molecule is CC1CCCCN1C(C)CC(C)(N)CO. The summed E-state index contributed by atoms with van der Waals surface area (Å²) in [4.78, 5) is 2.53. The summed E-state index contributed by atoms with van der Waals surface area (Å²) in [6.45, 7) is 7.70. The molecule has 0 aromatic carbocycles. The van der Waals surface area contributed by atoms with Crippen LogP contribution in [-0.2, 0) is 0 Å². The summed E-state index contributed by atoms with van der Waals surface area (Å²) in [6.07, 6.45) is 4.82. The largest absolute Gasteiger partial charge is 0.394 e. The lowest BCUT2D eigenvalue weighted by molar-refractivity contribution is 0.0831. The van der Waals surface area contributed by atoms with Gasteiger partial charge < -0.3 is 10.8 Å². The van der Waals surface area contributed by atoms with Crippen molar-refractivity contribution in [3.05, 3.63) is 0 Å². The van der Waals surface area contributed by atoms with Gasteiger partial charge in [0.05, 0.1) is 6.61 Å². The molecule has 0 radical (unpaired) electrons. The third-order valence-electron chi connectivity index (χ3n) is 3.54. The molecule has 3 nitrogen and oxygen atoms in total. The van der Waals surface area contributed by atoms with Gasteiger partial charge in [-0.2, -0.15) is 0 Å². The number of nitrogens with zero attached hydrogens (tertiary/aromatic N) is 1. The van der Waals surface area contributed by atoms with Crippen molar-refractivity contribution in [3.63, 3.8) is 0 Å². The molecule has 1 rings (SSSR count). The van der Waals surface area contributed by atoms with Gasteiger partial charge in [-0.3, -0.25) is 4.90 Å². The predicted octanol–water partition coefficient (Wildman–Crippen LogP) is 1.35. The molecule has 3 heteroatoms. The molecular formula is C12H26N2O. The van der Waals surface area contributed by atoms with E-state index in [-0.39, 0.29) is 6.61 Å². The molecule has 1 heterocycles. The van der Waals surface area contributed by atoms with E-state index < -0.39 is 5.54 Å². The quantitative estimate of drug-likeness (QED) is 0.742. The fourth-order valence-electron chi connectivity index (χ4n) is 2.63. The highest BCUT2D eigenvalue weighted by atomic mass is 16.3. The van der Waals surface area contributed by atoms with Crippen LogP contribution < -0.4 is 5.73 Å². The van der Waals surface area contributed by atoms with Crippen LogP contribution >= 0.6 is 0 Å². The molecule has 1 aliphatic rings. The van der Waals surface area contributed by atoms with Crippen molar-refractivity contribution in [3.8, 4) is 0 Å². The monoisotopic (exact) mass is 214 g/mol. The lowest BCUT2D eigenvalue weighted by Gasteiger charge is -2.40. The number of piperidine rings is 1. The Kier molecular flexibility index (Phi) is 4.56. The van der Waals surface area contributed by atoms with E-state index in [9.17, 15) is 0 Å². The Labute approximate surface area is 93.6 Å². The van der Waals surface area contributed by atoms with Crippen LogP contribution in [0.2, 0.25) is 0 Å². The Morgan fingerprint density at radius 2 is 2.20 bits per heavy atom. The van der Waals surface area contributed by atoms with Crippen LogP contribution in [0.25, 0.3) is 0 Å². The van der Waals surface area contributed by atoms with Gasteiger partial charge in [0.2, 0.25) is 0 Å². The van der Waals surface area contributed by atoms with Crippen LogP contribution in [0.3, 0.4) is 0 Å². The first kappa shape index (κ1) is 12.9. The Balaban J connectivity index is 2.48. The molecule has 1 saturated heterocycles. The first-order chi connectivity index (χ1) is 6.96. The average Bonchev–Trinajstić information content (AvgIpc) is 2.17. The van der Waals surface area contributed by atoms with E-state index in [0.29, 0.717) is 12.1 Å². The molecule has 1 fully saturated rings. The summed E-state index contributed by atoms with van der Waals surface area (Å²) >= 11 is 0. The normalized spacial score (nSPS) is 29.8. The second-order valence-electron chi connectivity index (χ2n) is 5.45. The Morgan fingerprint density at radius 3 is 2.73 bits per heavy atom. The van der Waals surface area contributed by atoms with Gasteiger partial charge in [-0.1, -0.05) is 6.42 Å². The van der Waals surface area contributed by atoms with E-state index in [4.69, 9.17) is 10.8 Å². The number of likely N-dealkylation sites (tertiary alicyclic amines) is 1. The van der Waals surface area contributed by atoms with Gasteiger partial charge >= 0.3 is 0 Å². The van der Waals surface area contributed by atoms with Crippen LogP contribution in [-0.4, -0.2) is 40.8 Å². The summed E-state index contributed by atoms with van der Waals surface area (Å²) in [7, 11) is 0. The zero-order valence-electron chi connectivity index (χ0n) is 10.4. The van der Waals surface area contributed by atoms with Crippen LogP contribution in [0, 0.1) is 0 Å². The minimum absolute atomic E-state index is 0.0690. The van der Waals surface area contributed by atoms with Gasteiger partial charge in [0.15, 0.2) is 0 Å². The molecule has 0 spiro atoms. The molecular weight excluding hydrogens is 188 g/mol. The Bertz CT molecular complexity index is 194. The van der Waals surface area contributed by atoms with Crippen molar-refractivity contribution in [1.29, 1.82) is 0 Å². The maximum Gasteiger partial charge on any atom is 0.0609 e. The van der Waals surface area contributed by atoms with Crippen molar-refractivity contribution in [2.75, 3.05) is 13.2 Å². The van der Waals surface area contributed by atoms with Crippen molar-refractivity contribution in [2.24, 2.45) is 5.73 Å². The standard InChI is InChI=1S/C12H26N2O/c1-10-6-4-5-7-14(10)11(2)8-12(3,13)9-15/h10-11,15H,4-9,13H2,1-3H3. The first-order valence-corrected chi connectivity index (χ1v) is 6.12. The van der Waals surface area contributed by atoms with Gasteiger partial charge in [0.25, 0.3) is 0 Å². The fraction of sp³-hybridized carbons (Fsp3) is 1.00. The van der Waals surface area contributed by atoms with Crippen molar-refractivity contribution in [1.82, 2.24) is 4.90 Å². The smallest absolute Gasteiger partial charge is 0.0609 e. The summed E-state index contributed by atoms with van der Waals surface area (Å²) in [5.74, 6) is 0. The van der Waals surface area contributed by atoms with Crippen LogP contribution in [0.5, 0.6) is 0 Å². The average molecular weight is 214 g/mol. The molecule has 90 valence electrons.